The van der Waals surface area contributed by atoms with Crippen molar-refractivity contribution in [3.63, 3.8) is 0 Å². The first-order chi connectivity index (χ1) is 4.72. The molecule has 1 unspecified atom stereocenters. The zero-order chi connectivity index (χ0) is 7.98. The Bertz CT molecular complexity index is 71.7. The molecule has 0 aromatic rings. The molecule has 0 amide bonds. The summed E-state index contributed by atoms with van der Waals surface area (Å²) in [6.45, 7) is 6.55. The molecule has 1 atom stereocenters. The summed E-state index contributed by atoms with van der Waals surface area (Å²) in [6, 6.07) is 0.694. The second-order valence-corrected chi connectivity index (χ2v) is 2.83. The molecule has 0 aromatic heterocycles. The first-order valence-corrected chi connectivity index (χ1v) is 4.09. The Morgan fingerprint density at radius 2 is 1.90 bits per heavy atom. The van der Waals surface area contributed by atoms with Gasteiger partial charge in [0.1, 0.15) is 0 Å². The molecular weight excluding hydrogens is 124 g/mol. The smallest absolute Gasteiger partial charge is 0.0211 e. The number of likely N-dealkylation sites (N-methyl/N-ethyl adjacent to an activating group) is 2. The van der Waals surface area contributed by atoms with Crippen LogP contribution in [0.1, 0.15) is 20.3 Å². The van der Waals surface area contributed by atoms with Gasteiger partial charge in [0.05, 0.1) is 0 Å². The second-order valence-electron chi connectivity index (χ2n) is 2.83. The van der Waals surface area contributed by atoms with Crippen LogP contribution in [-0.2, 0) is 0 Å². The van der Waals surface area contributed by atoms with Gasteiger partial charge in [-0.2, -0.15) is 0 Å². The fraction of sp³-hybridized carbons (Fsp3) is 1.00. The van der Waals surface area contributed by atoms with Gasteiger partial charge in [0.2, 0.25) is 0 Å². The van der Waals surface area contributed by atoms with E-state index in [0.29, 0.717) is 6.04 Å². The molecule has 0 aliphatic carbocycles. The molecule has 10 heavy (non-hydrogen) atoms. The fourth-order valence-electron chi connectivity index (χ4n) is 1.00. The summed E-state index contributed by atoms with van der Waals surface area (Å²) in [5.41, 5.74) is 0. The predicted octanol–water partition coefficient (Wildman–Crippen LogP) is 0.936. The van der Waals surface area contributed by atoms with Crippen molar-refractivity contribution < 1.29 is 0 Å². The van der Waals surface area contributed by atoms with Gasteiger partial charge in [0, 0.05) is 12.6 Å². The topological polar surface area (TPSA) is 15.3 Å². The van der Waals surface area contributed by atoms with Crippen LogP contribution in [0.15, 0.2) is 0 Å². The molecular formula is C8H20N2. The lowest BCUT2D eigenvalue weighted by molar-refractivity contribution is 0.278. The number of rotatable bonds is 5. The standard InChI is InChI=1S/C8H20N2/c1-5-8(10(3)4)7-9-6-2/h8-9H,5-7H2,1-4H3. The minimum absolute atomic E-state index is 0.694. The monoisotopic (exact) mass is 144 g/mol. The summed E-state index contributed by atoms with van der Waals surface area (Å²) in [5.74, 6) is 0. The van der Waals surface area contributed by atoms with Crippen LogP contribution in [0.4, 0.5) is 0 Å². The highest BCUT2D eigenvalue weighted by atomic mass is 15.1. The second kappa shape index (κ2) is 5.69. The van der Waals surface area contributed by atoms with Gasteiger partial charge in [-0.1, -0.05) is 13.8 Å². The molecule has 0 aromatic carbocycles. The van der Waals surface area contributed by atoms with Gasteiger partial charge < -0.3 is 10.2 Å². The van der Waals surface area contributed by atoms with Crippen molar-refractivity contribution >= 4 is 0 Å². The molecule has 0 rings (SSSR count). The van der Waals surface area contributed by atoms with Gasteiger partial charge in [-0.25, -0.2) is 0 Å². The molecule has 0 heterocycles. The van der Waals surface area contributed by atoms with Crippen LogP contribution in [0.3, 0.4) is 0 Å². The Morgan fingerprint density at radius 1 is 1.30 bits per heavy atom. The maximum atomic E-state index is 3.34. The lowest BCUT2D eigenvalue weighted by Crippen LogP contribution is -2.37. The fourth-order valence-corrected chi connectivity index (χ4v) is 1.00. The van der Waals surface area contributed by atoms with Crippen molar-refractivity contribution in [3.05, 3.63) is 0 Å². The zero-order valence-electron chi connectivity index (χ0n) is 7.65. The number of nitrogens with zero attached hydrogens (tertiary/aromatic N) is 1. The van der Waals surface area contributed by atoms with E-state index in [1.165, 1.54) is 6.42 Å². The van der Waals surface area contributed by atoms with Crippen molar-refractivity contribution in [1.29, 1.82) is 0 Å². The van der Waals surface area contributed by atoms with Crippen molar-refractivity contribution in [1.82, 2.24) is 10.2 Å². The summed E-state index contributed by atoms with van der Waals surface area (Å²) < 4.78 is 0. The van der Waals surface area contributed by atoms with Gasteiger partial charge in [-0.15, -0.1) is 0 Å². The average molecular weight is 144 g/mol. The lowest BCUT2D eigenvalue weighted by Gasteiger charge is -2.22. The number of nitrogens with one attached hydrogen (secondary N) is 1. The van der Waals surface area contributed by atoms with Gasteiger partial charge in [0.15, 0.2) is 0 Å². The van der Waals surface area contributed by atoms with E-state index in [4.69, 9.17) is 0 Å². The van der Waals surface area contributed by atoms with Crippen molar-refractivity contribution in [2.75, 3.05) is 27.2 Å². The van der Waals surface area contributed by atoms with Gasteiger partial charge >= 0.3 is 0 Å². The molecule has 0 saturated carbocycles. The SMILES string of the molecule is CCNCC(CC)N(C)C. The maximum Gasteiger partial charge on any atom is 0.0211 e. The Morgan fingerprint density at radius 3 is 2.20 bits per heavy atom. The summed E-state index contributed by atoms with van der Waals surface area (Å²) in [6.07, 6.45) is 1.22. The van der Waals surface area contributed by atoms with Crippen molar-refractivity contribution in [2.45, 2.75) is 26.3 Å². The van der Waals surface area contributed by atoms with Crippen molar-refractivity contribution in [3.8, 4) is 0 Å². The van der Waals surface area contributed by atoms with Crippen LogP contribution in [0.25, 0.3) is 0 Å². The first kappa shape index (κ1) is 9.92. The highest BCUT2D eigenvalue weighted by Crippen LogP contribution is 1.95. The van der Waals surface area contributed by atoms with E-state index < -0.39 is 0 Å². The quantitative estimate of drug-likeness (QED) is 0.617. The lowest BCUT2D eigenvalue weighted by atomic mass is 10.2. The molecule has 0 spiro atoms. The average Bonchev–Trinajstić information content (AvgIpc) is 1.89. The van der Waals surface area contributed by atoms with E-state index in [9.17, 15) is 0 Å². The minimum Gasteiger partial charge on any atom is -0.315 e. The molecule has 0 saturated heterocycles. The number of hydrogen-bond donors (Lipinski definition) is 1. The third-order valence-electron chi connectivity index (χ3n) is 1.83. The van der Waals surface area contributed by atoms with E-state index in [0.717, 1.165) is 13.1 Å². The van der Waals surface area contributed by atoms with Crippen LogP contribution in [0, 0.1) is 0 Å². The third-order valence-corrected chi connectivity index (χ3v) is 1.83. The van der Waals surface area contributed by atoms with Gasteiger partial charge in [0.25, 0.3) is 0 Å². The van der Waals surface area contributed by atoms with E-state index >= 15 is 0 Å². The Hall–Kier alpha value is -0.0800. The van der Waals surface area contributed by atoms with Crippen LogP contribution >= 0.6 is 0 Å². The first-order valence-electron chi connectivity index (χ1n) is 4.09. The van der Waals surface area contributed by atoms with E-state index in [2.05, 4.69) is 38.2 Å². The highest BCUT2D eigenvalue weighted by molar-refractivity contribution is 4.65. The molecule has 62 valence electrons. The zero-order valence-corrected chi connectivity index (χ0v) is 7.65. The Balaban J connectivity index is 3.40. The van der Waals surface area contributed by atoms with E-state index in [-0.39, 0.29) is 0 Å². The normalized spacial score (nSPS) is 14.1. The van der Waals surface area contributed by atoms with Crippen LogP contribution < -0.4 is 5.32 Å². The largest absolute Gasteiger partial charge is 0.315 e. The Labute approximate surface area is 64.6 Å². The summed E-state index contributed by atoms with van der Waals surface area (Å²) in [7, 11) is 4.26. The molecule has 2 heteroatoms. The summed E-state index contributed by atoms with van der Waals surface area (Å²) >= 11 is 0. The number of hydrogen-bond acceptors (Lipinski definition) is 2. The molecule has 0 fully saturated rings. The molecule has 0 bridgehead atoms. The summed E-state index contributed by atoms with van der Waals surface area (Å²) in [5, 5.41) is 3.34. The van der Waals surface area contributed by atoms with E-state index in [1.54, 1.807) is 0 Å². The Kier molecular flexibility index (Phi) is 5.64. The molecule has 1 N–H and O–H groups in total. The van der Waals surface area contributed by atoms with E-state index in [1.807, 2.05) is 0 Å². The van der Waals surface area contributed by atoms with Gasteiger partial charge in [-0.05, 0) is 27.1 Å². The summed E-state index contributed by atoms with van der Waals surface area (Å²) in [4.78, 5) is 2.27. The maximum absolute atomic E-state index is 3.34. The van der Waals surface area contributed by atoms with Crippen molar-refractivity contribution in [2.24, 2.45) is 0 Å². The molecule has 0 aliphatic heterocycles. The predicted molar refractivity (Wildman–Crippen MR) is 46.3 cm³/mol. The van der Waals surface area contributed by atoms with Gasteiger partial charge in [-0.3, -0.25) is 0 Å². The van der Waals surface area contributed by atoms with Crippen LogP contribution in [0.5, 0.6) is 0 Å². The molecule has 0 radical (unpaired) electrons. The molecule has 2 nitrogen and oxygen atoms in total. The highest BCUT2D eigenvalue weighted by Gasteiger charge is 2.05. The van der Waals surface area contributed by atoms with Crippen LogP contribution in [0.2, 0.25) is 0 Å². The minimum atomic E-state index is 0.694. The van der Waals surface area contributed by atoms with Crippen LogP contribution in [-0.4, -0.2) is 38.1 Å². The third kappa shape index (κ3) is 3.85. The molecule has 0 aliphatic rings.